The predicted molar refractivity (Wildman–Crippen MR) is 111 cm³/mol. The number of nitrogens with one attached hydrogen (secondary N) is 4. The molecule has 28 heavy (non-hydrogen) atoms. The van der Waals surface area contributed by atoms with Crippen molar-refractivity contribution in [1.82, 2.24) is 4.98 Å². The minimum absolute atomic E-state index is 0.134. The lowest BCUT2D eigenvalue weighted by atomic mass is 10.1. The van der Waals surface area contributed by atoms with Gasteiger partial charge < -0.3 is 26.7 Å². The summed E-state index contributed by atoms with van der Waals surface area (Å²) in [5.74, 6) is -0.134. The number of benzene rings is 2. The average molecular weight is 373 g/mol. The third kappa shape index (κ3) is 3.45. The molecule has 1 aliphatic heterocycles. The normalized spacial score (nSPS) is 13.9. The van der Waals surface area contributed by atoms with Gasteiger partial charge in [-0.1, -0.05) is 12.1 Å². The maximum Gasteiger partial charge on any atom is 0.316 e. The highest BCUT2D eigenvalue weighted by molar-refractivity contribution is 6.35. The number of carbonyl (C=O) groups is 2. The van der Waals surface area contributed by atoms with Gasteiger partial charge in [0.2, 0.25) is 0 Å². The highest BCUT2D eigenvalue weighted by atomic mass is 16.2. The zero-order valence-corrected chi connectivity index (χ0v) is 15.2. The number of carbonyl (C=O) groups excluding carboxylic acids is 2. The van der Waals surface area contributed by atoms with Crippen molar-refractivity contribution in [3.63, 3.8) is 0 Å². The summed E-state index contributed by atoms with van der Waals surface area (Å²) < 4.78 is 0. The van der Waals surface area contributed by atoms with Crippen molar-refractivity contribution in [2.24, 2.45) is 5.73 Å². The standard InChI is InChI=1S/C21H19N5O2/c1-12-4-5-15(25-21(22)28)10-18(12)24-14-6-7-16-17(9-13-3-2-8-23-13)20(27)26-19(16)11-14/h2-11,23-24H,1H3,(H,26,27)(H3,22,25,28)/b17-9-. The fourth-order valence-electron chi connectivity index (χ4n) is 3.14. The first-order valence-electron chi connectivity index (χ1n) is 8.74. The number of aromatic nitrogens is 1. The van der Waals surface area contributed by atoms with Crippen molar-refractivity contribution < 1.29 is 9.59 Å². The number of hydrogen-bond acceptors (Lipinski definition) is 3. The topological polar surface area (TPSA) is 112 Å². The third-order valence-electron chi connectivity index (χ3n) is 4.51. The summed E-state index contributed by atoms with van der Waals surface area (Å²) in [5, 5.41) is 8.79. The lowest BCUT2D eigenvalue weighted by Gasteiger charge is -2.13. The van der Waals surface area contributed by atoms with Crippen LogP contribution in [0.3, 0.4) is 0 Å². The summed E-state index contributed by atoms with van der Waals surface area (Å²) in [7, 11) is 0. The number of aryl methyl sites for hydroxylation is 1. The minimum Gasteiger partial charge on any atom is -0.362 e. The molecule has 7 nitrogen and oxygen atoms in total. The van der Waals surface area contributed by atoms with Crippen LogP contribution < -0.4 is 21.7 Å². The van der Waals surface area contributed by atoms with Gasteiger partial charge >= 0.3 is 6.03 Å². The Morgan fingerprint density at radius 3 is 2.68 bits per heavy atom. The van der Waals surface area contributed by atoms with E-state index in [1.165, 1.54) is 0 Å². The van der Waals surface area contributed by atoms with Crippen LogP contribution in [0.1, 0.15) is 16.8 Å². The van der Waals surface area contributed by atoms with Crippen molar-refractivity contribution in [2.75, 3.05) is 16.0 Å². The van der Waals surface area contributed by atoms with Gasteiger partial charge in [0.1, 0.15) is 0 Å². The molecule has 6 N–H and O–H groups in total. The Balaban J connectivity index is 1.62. The van der Waals surface area contributed by atoms with Crippen molar-refractivity contribution in [3.05, 3.63) is 71.5 Å². The lowest BCUT2D eigenvalue weighted by molar-refractivity contribution is -0.110. The highest BCUT2D eigenvalue weighted by Crippen LogP contribution is 2.36. The number of amides is 3. The van der Waals surface area contributed by atoms with Crippen LogP contribution in [0.4, 0.5) is 27.5 Å². The largest absolute Gasteiger partial charge is 0.362 e. The molecular weight excluding hydrogens is 354 g/mol. The fourth-order valence-corrected chi connectivity index (χ4v) is 3.14. The molecule has 0 unspecified atom stereocenters. The van der Waals surface area contributed by atoms with E-state index >= 15 is 0 Å². The van der Waals surface area contributed by atoms with Gasteiger partial charge in [-0.25, -0.2) is 4.79 Å². The van der Waals surface area contributed by atoms with Crippen LogP contribution in [0.15, 0.2) is 54.7 Å². The molecule has 0 saturated carbocycles. The molecule has 7 heteroatoms. The molecule has 0 saturated heterocycles. The molecular formula is C21H19N5O2. The third-order valence-corrected chi connectivity index (χ3v) is 4.51. The molecule has 3 amide bonds. The molecule has 0 spiro atoms. The number of fused-ring (bicyclic) bond motifs is 1. The van der Waals surface area contributed by atoms with Crippen LogP contribution in [0.2, 0.25) is 0 Å². The van der Waals surface area contributed by atoms with Gasteiger partial charge in [-0.2, -0.15) is 0 Å². The van der Waals surface area contributed by atoms with E-state index in [4.69, 9.17) is 5.73 Å². The Morgan fingerprint density at radius 2 is 1.93 bits per heavy atom. The van der Waals surface area contributed by atoms with Crippen molar-refractivity contribution >= 4 is 46.3 Å². The van der Waals surface area contributed by atoms with Crippen LogP contribution >= 0.6 is 0 Å². The van der Waals surface area contributed by atoms with Crippen LogP contribution in [-0.2, 0) is 4.79 Å². The monoisotopic (exact) mass is 373 g/mol. The second-order valence-electron chi connectivity index (χ2n) is 6.54. The number of aromatic amines is 1. The molecule has 2 aromatic carbocycles. The smallest absolute Gasteiger partial charge is 0.316 e. The molecule has 140 valence electrons. The van der Waals surface area contributed by atoms with Gasteiger partial charge in [0.05, 0.1) is 11.3 Å². The highest BCUT2D eigenvalue weighted by Gasteiger charge is 2.24. The maximum absolute atomic E-state index is 12.4. The molecule has 0 bridgehead atoms. The van der Waals surface area contributed by atoms with Crippen LogP contribution in [0.5, 0.6) is 0 Å². The molecule has 1 aliphatic rings. The molecule has 1 aromatic heterocycles. The van der Waals surface area contributed by atoms with E-state index in [1.807, 2.05) is 61.7 Å². The summed E-state index contributed by atoms with van der Waals surface area (Å²) in [6.07, 6.45) is 3.65. The summed E-state index contributed by atoms with van der Waals surface area (Å²) in [5.41, 5.74) is 11.5. The quantitative estimate of drug-likeness (QED) is 0.445. The van der Waals surface area contributed by atoms with Crippen molar-refractivity contribution in [1.29, 1.82) is 0 Å². The van der Waals surface area contributed by atoms with Crippen LogP contribution in [-0.4, -0.2) is 16.9 Å². The van der Waals surface area contributed by atoms with Crippen LogP contribution in [0, 0.1) is 6.92 Å². The number of nitrogens with two attached hydrogens (primary N) is 1. The Labute approximate surface area is 161 Å². The van der Waals surface area contributed by atoms with Gasteiger partial charge in [-0.05, 0) is 55.0 Å². The second kappa shape index (κ2) is 6.96. The number of primary amides is 1. The molecule has 0 aliphatic carbocycles. The minimum atomic E-state index is -0.614. The average Bonchev–Trinajstić information content (AvgIpc) is 3.26. The van der Waals surface area contributed by atoms with Crippen molar-refractivity contribution in [2.45, 2.75) is 6.92 Å². The Bertz CT molecular complexity index is 1100. The first kappa shape index (κ1) is 17.4. The summed E-state index contributed by atoms with van der Waals surface area (Å²) in [6, 6.07) is 14.4. The Morgan fingerprint density at radius 1 is 1.11 bits per heavy atom. The zero-order valence-electron chi connectivity index (χ0n) is 15.2. The second-order valence-corrected chi connectivity index (χ2v) is 6.54. The predicted octanol–water partition coefficient (Wildman–Crippen LogP) is 4.05. The van der Waals surface area contributed by atoms with Gasteiger partial charge in [-0.3, -0.25) is 4.79 Å². The SMILES string of the molecule is Cc1ccc(NC(N)=O)cc1Nc1ccc2c(c1)NC(=O)/C2=C\c1ccc[nH]1. The summed E-state index contributed by atoms with van der Waals surface area (Å²) in [6.45, 7) is 1.96. The summed E-state index contributed by atoms with van der Waals surface area (Å²) >= 11 is 0. The van der Waals surface area contributed by atoms with Gasteiger partial charge in [-0.15, -0.1) is 0 Å². The van der Waals surface area contributed by atoms with Gasteiger partial charge in [0, 0.05) is 34.5 Å². The van der Waals surface area contributed by atoms with E-state index in [2.05, 4.69) is 20.9 Å². The van der Waals surface area contributed by atoms with E-state index in [9.17, 15) is 9.59 Å². The number of anilines is 4. The molecule has 4 rings (SSSR count). The molecule has 3 aromatic rings. The van der Waals surface area contributed by atoms with E-state index in [0.29, 0.717) is 11.3 Å². The van der Waals surface area contributed by atoms with Crippen LogP contribution in [0.25, 0.3) is 11.6 Å². The molecule has 2 heterocycles. The Kier molecular flexibility index (Phi) is 4.33. The van der Waals surface area contributed by atoms with Gasteiger partial charge in [0.15, 0.2) is 0 Å². The number of rotatable bonds is 4. The van der Waals surface area contributed by atoms with E-state index in [-0.39, 0.29) is 5.91 Å². The van der Waals surface area contributed by atoms with Crippen molar-refractivity contribution in [3.8, 4) is 0 Å². The first-order valence-corrected chi connectivity index (χ1v) is 8.74. The van der Waals surface area contributed by atoms with E-state index in [0.717, 1.165) is 33.9 Å². The fraction of sp³-hybridized carbons (Fsp3) is 0.0476. The zero-order chi connectivity index (χ0) is 19.7. The number of hydrogen-bond donors (Lipinski definition) is 5. The Hall–Kier alpha value is -4.00. The molecule has 0 radical (unpaired) electrons. The number of urea groups is 1. The maximum atomic E-state index is 12.4. The van der Waals surface area contributed by atoms with E-state index < -0.39 is 6.03 Å². The first-order chi connectivity index (χ1) is 13.5. The van der Waals surface area contributed by atoms with E-state index in [1.54, 1.807) is 6.07 Å². The lowest BCUT2D eigenvalue weighted by Crippen LogP contribution is -2.19. The van der Waals surface area contributed by atoms with Gasteiger partial charge in [0.25, 0.3) is 5.91 Å². The molecule has 0 fully saturated rings. The number of H-pyrrole nitrogens is 1. The molecule has 0 atom stereocenters. The summed E-state index contributed by atoms with van der Waals surface area (Å²) in [4.78, 5) is 26.5.